The van der Waals surface area contributed by atoms with Crippen LogP contribution in [0.2, 0.25) is 0 Å². The molecule has 0 saturated carbocycles. The number of hydrogen-bond acceptors (Lipinski definition) is 4. The highest BCUT2D eigenvalue weighted by atomic mass is 32.2. The summed E-state index contributed by atoms with van der Waals surface area (Å²) in [6, 6.07) is 8.62. The fraction of sp³-hybridized carbons (Fsp3) is 0.632. The van der Waals surface area contributed by atoms with Crippen LogP contribution >= 0.6 is 11.8 Å². The van der Waals surface area contributed by atoms with E-state index in [1.165, 1.54) is 24.2 Å². The molecule has 0 aromatic heterocycles. The van der Waals surface area contributed by atoms with Crippen molar-refractivity contribution in [2.45, 2.75) is 63.9 Å². The van der Waals surface area contributed by atoms with Gasteiger partial charge in [-0.25, -0.2) is 4.79 Å². The van der Waals surface area contributed by atoms with Crippen LogP contribution in [0.1, 0.15) is 46.1 Å². The van der Waals surface area contributed by atoms with Crippen molar-refractivity contribution in [2.75, 3.05) is 17.6 Å². The molecular formula is C19H30N2O2S. The molecule has 1 aromatic rings. The van der Waals surface area contributed by atoms with Crippen LogP contribution in [0.5, 0.6) is 0 Å². The second-order valence-corrected chi connectivity index (χ2v) is 8.84. The van der Waals surface area contributed by atoms with Gasteiger partial charge >= 0.3 is 6.09 Å². The first-order valence-electron chi connectivity index (χ1n) is 8.77. The van der Waals surface area contributed by atoms with E-state index >= 15 is 0 Å². The number of rotatable bonds is 5. The van der Waals surface area contributed by atoms with E-state index in [9.17, 15) is 4.79 Å². The van der Waals surface area contributed by atoms with Crippen LogP contribution in [-0.2, 0) is 11.2 Å². The predicted octanol–water partition coefficient (Wildman–Crippen LogP) is 4.45. The first-order chi connectivity index (χ1) is 11.3. The van der Waals surface area contributed by atoms with E-state index in [0.29, 0.717) is 11.3 Å². The molecule has 0 bridgehead atoms. The fourth-order valence-corrected chi connectivity index (χ4v) is 3.94. The van der Waals surface area contributed by atoms with E-state index in [2.05, 4.69) is 41.5 Å². The fourth-order valence-electron chi connectivity index (χ4n) is 2.77. The molecular weight excluding hydrogens is 320 g/mol. The summed E-state index contributed by atoms with van der Waals surface area (Å²) in [5.41, 5.74) is 1.55. The van der Waals surface area contributed by atoms with Crippen molar-refractivity contribution in [3.63, 3.8) is 0 Å². The molecule has 2 unspecified atom stereocenters. The maximum atomic E-state index is 11.7. The third-order valence-electron chi connectivity index (χ3n) is 4.03. The van der Waals surface area contributed by atoms with Gasteiger partial charge in [0.1, 0.15) is 5.60 Å². The Hall–Kier alpha value is -1.20. The number of ether oxygens (including phenoxy) is 1. The smallest absolute Gasteiger partial charge is 0.412 e. The van der Waals surface area contributed by atoms with E-state index in [1.54, 1.807) is 0 Å². The molecule has 1 fully saturated rings. The lowest BCUT2D eigenvalue weighted by atomic mass is 10.1. The summed E-state index contributed by atoms with van der Waals surface area (Å²) in [7, 11) is 0. The average Bonchev–Trinajstić information content (AvgIpc) is 2.49. The average molecular weight is 351 g/mol. The van der Waals surface area contributed by atoms with Gasteiger partial charge in [-0.15, -0.1) is 0 Å². The second kappa shape index (κ2) is 8.77. The van der Waals surface area contributed by atoms with Crippen molar-refractivity contribution < 1.29 is 9.53 Å². The monoisotopic (exact) mass is 350 g/mol. The van der Waals surface area contributed by atoms with Crippen molar-refractivity contribution in [2.24, 2.45) is 0 Å². The highest BCUT2D eigenvalue weighted by Gasteiger charge is 2.20. The predicted molar refractivity (Wildman–Crippen MR) is 103 cm³/mol. The zero-order chi connectivity index (χ0) is 17.6. The minimum absolute atomic E-state index is 0.416. The number of benzene rings is 1. The quantitative estimate of drug-likeness (QED) is 0.824. The van der Waals surface area contributed by atoms with E-state index < -0.39 is 11.7 Å². The summed E-state index contributed by atoms with van der Waals surface area (Å²) in [5.74, 6) is 1.30. The van der Waals surface area contributed by atoms with Gasteiger partial charge in [0.15, 0.2) is 0 Å². The Balaban J connectivity index is 1.74. The Morgan fingerprint density at radius 1 is 1.29 bits per heavy atom. The van der Waals surface area contributed by atoms with Crippen LogP contribution in [0.4, 0.5) is 10.5 Å². The highest BCUT2D eigenvalue weighted by molar-refractivity contribution is 7.99. The molecule has 2 atom stereocenters. The molecule has 2 rings (SSSR count). The lowest BCUT2D eigenvalue weighted by Gasteiger charge is -2.29. The molecule has 1 saturated heterocycles. The van der Waals surface area contributed by atoms with Crippen LogP contribution in [0, 0.1) is 0 Å². The number of amides is 1. The molecule has 4 nitrogen and oxygen atoms in total. The maximum Gasteiger partial charge on any atom is 0.412 e. The van der Waals surface area contributed by atoms with E-state index in [-0.39, 0.29) is 0 Å². The number of nitrogens with one attached hydrogen (secondary N) is 2. The summed E-state index contributed by atoms with van der Waals surface area (Å²) in [6.45, 7) is 8.88. The minimum atomic E-state index is -0.482. The second-order valence-electron chi connectivity index (χ2n) is 7.35. The number of thioether (sulfide) groups is 1. The Morgan fingerprint density at radius 3 is 2.62 bits per heavy atom. The Kier molecular flexibility index (Phi) is 6.99. The summed E-state index contributed by atoms with van der Waals surface area (Å²) >= 11 is 2.07. The van der Waals surface area contributed by atoms with Crippen molar-refractivity contribution in [3.8, 4) is 0 Å². The maximum absolute atomic E-state index is 11.7. The van der Waals surface area contributed by atoms with Crippen molar-refractivity contribution >= 4 is 23.5 Å². The number of anilines is 1. The first kappa shape index (κ1) is 19.1. The SMILES string of the molecule is CC1SCCCC1NCCc1ccc(NC(=O)OC(C)(C)C)cc1. The normalized spacial score (nSPS) is 21.3. The van der Waals surface area contributed by atoms with Crippen LogP contribution in [0.15, 0.2) is 24.3 Å². The molecule has 24 heavy (non-hydrogen) atoms. The molecule has 0 aliphatic carbocycles. The lowest BCUT2D eigenvalue weighted by molar-refractivity contribution is 0.0636. The van der Waals surface area contributed by atoms with Gasteiger partial charge in [-0.1, -0.05) is 19.1 Å². The zero-order valence-corrected chi connectivity index (χ0v) is 16.0. The molecule has 1 aliphatic rings. The molecule has 1 amide bonds. The van der Waals surface area contributed by atoms with Crippen LogP contribution in [0.25, 0.3) is 0 Å². The first-order valence-corrected chi connectivity index (χ1v) is 9.82. The Labute approximate surface area is 150 Å². The molecule has 2 N–H and O–H groups in total. The van der Waals surface area contributed by atoms with Gasteiger partial charge in [0.25, 0.3) is 0 Å². The van der Waals surface area contributed by atoms with Gasteiger partial charge in [0, 0.05) is 17.0 Å². The number of hydrogen-bond donors (Lipinski definition) is 2. The van der Waals surface area contributed by atoms with E-state index in [0.717, 1.165) is 18.7 Å². The van der Waals surface area contributed by atoms with Gasteiger partial charge in [0.05, 0.1) is 0 Å². The third kappa shape index (κ3) is 6.73. The standard InChI is InChI=1S/C19H30N2O2S/c1-14-17(6-5-13-24-14)20-12-11-15-7-9-16(10-8-15)21-18(22)23-19(2,3)4/h7-10,14,17,20H,5-6,11-13H2,1-4H3,(H,21,22). The zero-order valence-electron chi connectivity index (χ0n) is 15.2. The molecule has 5 heteroatoms. The minimum Gasteiger partial charge on any atom is -0.444 e. The van der Waals surface area contributed by atoms with Gasteiger partial charge < -0.3 is 10.1 Å². The number of carbonyl (C=O) groups excluding carboxylic acids is 1. The van der Waals surface area contributed by atoms with Crippen LogP contribution in [0.3, 0.4) is 0 Å². The molecule has 1 aromatic carbocycles. The van der Waals surface area contributed by atoms with Crippen LogP contribution in [-0.4, -0.2) is 35.3 Å². The van der Waals surface area contributed by atoms with Crippen molar-refractivity contribution in [1.82, 2.24) is 5.32 Å². The van der Waals surface area contributed by atoms with Crippen molar-refractivity contribution in [3.05, 3.63) is 29.8 Å². The molecule has 0 spiro atoms. The van der Waals surface area contributed by atoms with E-state index in [1.807, 2.05) is 32.9 Å². The Bertz CT molecular complexity index is 525. The lowest BCUT2D eigenvalue weighted by Crippen LogP contribution is -2.40. The molecule has 0 radical (unpaired) electrons. The topological polar surface area (TPSA) is 50.4 Å². The summed E-state index contributed by atoms with van der Waals surface area (Å²) in [4.78, 5) is 11.7. The molecule has 134 valence electrons. The number of carbonyl (C=O) groups is 1. The van der Waals surface area contributed by atoms with Gasteiger partial charge in [-0.2, -0.15) is 11.8 Å². The van der Waals surface area contributed by atoms with Crippen molar-refractivity contribution in [1.29, 1.82) is 0 Å². The van der Waals surface area contributed by atoms with Gasteiger partial charge in [0.2, 0.25) is 0 Å². The highest BCUT2D eigenvalue weighted by Crippen LogP contribution is 2.25. The van der Waals surface area contributed by atoms with Gasteiger partial charge in [-0.3, -0.25) is 5.32 Å². The van der Waals surface area contributed by atoms with E-state index in [4.69, 9.17) is 4.74 Å². The largest absolute Gasteiger partial charge is 0.444 e. The summed E-state index contributed by atoms with van der Waals surface area (Å²) in [5, 5.41) is 7.15. The van der Waals surface area contributed by atoms with Gasteiger partial charge in [-0.05, 0) is 70.0 Å². The van der Waals surface area contributed by atoms with Crippen LogP contribution < -0.4 is 10.6 Å². The molecule has 1 heterocycles. The summed E-state index contributed by atoms with van der Waals surface area (Å²) in [6.07, 6.45) is 3.19. The summed E-state index contributed by atoms with van der Waals surface area (Å²) < 4.78 is 5.25. The third-order valence-corrected chi connectivity index (χ3v) is 5.40. The molecule has 1 aliphatic heterocycles. The Morgan fingerprint density at radius 2 is 2.00 bits per heavy atom.